The first kappa shape index (κ1) is 21.5. The molecule has 0 aliphatic carbocycles. The third-order valence-electron chi connectivity index (χ3n) is 4.15. The zero-order valence-electron chi connectivity index (χ0n) is 15.2. The van der Waals surface area contributed by atoms with E-state index < -0.39 is 17.7 Å². The van der Waals surface area contributed by atoms with Crippen LogP contribution in [0.4, 0.5) is 13.2 Å². The summed E-state index contributed by atoms with van der Waals surface area (Å²) in [6, 6.07) is 6.85. The van der Waals surface area contributed by atoms with Crippen molar-refractivity contribution in [3.63, 3.8) is 0 Å². The molecule has 25 heavy (non-hydrogen) atoms. The number of benzene rings is 1. The third kappa shape index (κ3) is 5.46. The van der Waals surface area contributed by atoms with E-state index in [0.29, 0.717) is 5.92 Å². The molecule has 0 saturated heterocycles. The second kappa shape index (κ2) is 9.22. The molecule has 0 saturated carbocycles. The summed E-state index contributed by atoms with van der Waals surface area (Å²) < 4.78 is 50.8. The Balaban J connectivity index is 2.85. The Labute approximate surface area is 147 Å². The summed E-state index contributed by atoms with van der Waals surface area (Å²) in [5, 5.41) is 0. The van der Waals surface area contributed by atoms with E-state index in [1.807, 2.05) is 6.92 Å². The smallest absolute Gasteiger partial charge is 0.432 e. The lowest BCUT2D eigenvalue weighted by Gasteiger charge is -2.32. The van der Waals surface area contributed by atoms with Gasteiger partial charge in [-0.3, -0.25) is 0 Å². The monoisotopic (exact) mass is 360 g/mol. The first-order chi connectivity index (χ1) is 11.6. The number of halogens is 3. The highest BCUT2D eigenvalue weighted by Gasteiger charge is 2.64. The molecule has 0 fully saturated rings. The highest BCUT2D eigenvalue weighted by Crippen LogP contribution is 2.43. The van der Waals surface area contributed by atoms with Crippen LogP contribution in [0.2, 0.25) is 0 Å². The zero-order valence-corrected chi connectivity index (χ0v) is 15.2. The molecule has 0 aromatic heterocycles. The summed E-state index contributed by atoms with van der Waals surface area (Å²) in [5.74, 6) is -0.870. The Morgan fingerprint density at radius 1 is 1.08 bits per heavy atom. The SMILES string of the molecule is CO[C@@](C(=O)OC[C@@H](C)CCCC(C)C)(c1ccccc1)C(F)(F)F. The topological polar surface area (TPSA) is 35.5 Å². The van der Waals surface area contributed by atoms with Gasteiger partial charge in [0.05, 0.1) is 6.61 Å². The maximum absolute atomic E-state index is 13.7. The molecule has 6 heteroatoms. The van der Waals surface area contributed by atoms with Crippen molar-refractivity contribution in [3.8, 4) is 0 Å². The van der Waals surface area contributed by atoms with E-state index in [0.717, 1.165) is 26.4 Å². The van der Waals surface area contributed by atoms with E-state index >= 15 is 0 Å². The van der Waals surface area contributed by atoms with Crippen molar-refractivity contribution in [2.75, 3.05) is 13.7 Å². The second-order valence-electron chi connectivity index (χ2n) is 6.78. The standard InChI is InChI=1S/C19H27F3O3/c1-14(2)9-8-10-15(3)13-25-17(23)18(24-4,19(20,21)22)16-11-6-5-7-12-16/h5-7,11-12,14-15H,8-10,13H2,1-4H3/t15-,18+/m0/s1. The Kier molecular flexibility index (Phi) is 7.93. The van der Waals surface area contributed by atoms with E-state index in [1.54, 1.807) is 6.07 Å². The molecule has 1 aromatic carbocycles. The van der Waals surface area contributed by atoms with E-state index in [4.69, 9.17) is 9.47 Å². The summed E-state index contributed by atoms with van der Waals surface area (Å²) >= 11 is 0. The van der Waals surface area contributed by atoms with E-state index in [9.17, 15) is 18.0 Å². The largest absolute Gasteiger partial charge is 0.463 e. The fraction of sp³-hybridized carbons (Fsp3) is 0.632. The lowest BCUT2D eigenvalue weighted by Crippen LogP contribution is -2.52. The van der Waals surface area contributed by atoms with Gasteiger partial charge in [0.1, 0.15) is 0 Å². The van der Waals surface area contributed by atoms with Crippen LogP contribution in [-0.4, -0.2) is 25.9 Å². The minimum Gasteiger partial charge on any atom is -0.463 e. The van der Waals surface area contributed by atoms with E-state index in [-0.39, 0.29) is 18.1 Å². The lowest BCUT2D eigenvalue weighted by molar-refractivity contribution is -0.276. The van der Waals surface area contributed by atoms with Crippen LogP contribution in [-0.2, 0) is 19.9 Å². The lowest BCUT2D eigenvalue weighted by atomic mass is 9.92. The molecular weight excluding hydrogens is 333 g/mol. The number of alkyl halides is 3. The van der Waals surface area contributed by atoms with Crippen molar-refractivity contribution >= 4 is 5.97 Å². The van der Waals surface area contributed by atoms with Crippen LogP contribution in [0.3, 0.4) is 0 Å². The number of carbonyl (C=O) groups excluding carboxylic acids is 1. The van der Waals surface area contributed by atoms with Crippen molar-refractivity contribution in [2.45, 2.75) is 51.8 Å². The zero-order chi connectivity index (χ0) is 19.1. The van der Waals surface area contributed by atoms with Gasteiger partial charge in [0.15, 0.2) is 0 Å². The molecule has 0 amide bonds. The highest BCUT2D eigenvalue weighted by atomic mass is 19.4. The summed E-state index contributed by atoms with van der Waals surface area (Å²) in [6.45, 7) is 6.02. The summed E-state index contributed by atoms with van der Waals surface area (Å²) in [5.41, 5.74) is -3.39. The molecule has 1 aromatic rings. The molecule has 0 aliphatic heterocycles. The van der Waals surface area contributed by atoms with Gasteiger partial charge in [0, 0.05) is 12.7 Å². The molecule has 0 spiro atoms. The minimum absolute atomic E-state index is 0.0127. The number of esters is 1. The van der Waals surface area contributed by atoms with Gasteiger partial charge in [-0.25, -0.2) is 4.79 Å². The number of rotatable bonds is 9. The number of hydrogen-bond acceptors (Lipinski definition) is 3. The number of carbonyl (C=O) groups is 1. The molecule has 0 unspecified atom stereocenters. The molecule has 3 nitrogen and oxygen atoms in total. The van der Waals surface area contributed by atoms with Crippen LogP contribution in [0.15, 0.2) is 30.3 Å². The van der Waals surface area contributed by atoms with Crippen LogP contribution in [0.5, 0.6) is 0 Å². The van der Waals surface area contributed by atoms with E-state index in [1.165, 1.54) is 24.3 Å². The molecule has 0 heterocycles. The van der Waals surface area contributed by atoms with Crippen LogP contribution >= 0.6 is 0 Å². The quantitative estimate of drug-likeness (QED) is 0.575. The fourth-order valence-electron chi connectivity index (χ4n) is 2.66. The van der Waals surface area contributed by atoms with Gasteiger partial charge in [0.25, 0.3) is 5.60 Å². The number of hydrogen-bond donors (Lipinski definition) is 0. The van der Waals surface area contributed by atoms with Crippen molar-refractivity contribution < 1.29 is 27.4 Å². The van der Waals surface area contributed by atoms with Crippen molar-refractivity contribution in [2.24, 2.45) is 11.8 Å². The molecule has 2 atom stereocenters. The first-order valence-corrected chi connectivity index (χ1v) is 8.49. The third-order valence-corrected chi connectivity index (χ3v) is 4.15. The average Bonchev–Trinajstić information content (AvgIpc) is 2.53. The maximum atomic E-state index is 13.7. The second-order valence-corrected chi connectivity index (χ2v) is 6.78. The van der Waals surface area contributed by atoms with Gasteiger partial charge >= 0.3 is 12.1 Å². The average molecular weight is 360 g/mol. The molecule has 142 valence electrons. The Morgan fingerprint density at radius 2 is 1.68 bits per heavy atom. The van der Waals surface area contributed by atoms with Crippen LogP contribution in [0.1, 0.15) is 45.6 Å². The van der Waals surface area contributed by atoms with Gasteiger partial charge in [-0.1, -0.05) is 63.9 Å². The predicted octanol–water partition coefficient (Wildman–Crippen LogP) is 5.10. The molecule has 0 radical (unpaired) electrons. The maximum Gasteiger partial charge on any atom is 0.432 e. The van der Waals surface area contributed by atoms with Crippen molar-refractivity contribution in [1.29, 1.82) is 0 Å². The predicted molar refractivity (Wildman–Crippen MR) is 90.0 cm³/mol. The van der Waals surface area contributed by atoms with Gasteiger partial charge in [0.2, 0.25) is 0 Å². The fourth-order valence-corrected chi connectivity index (χ4v) is 2.66. The van der Waals surface area contributed by atoms with Gasteiger partial charge in [-0.05, 0) is 18.3 Å². The highest BCUT2D eigenvalue weighted by molar-refractivity contribution is 5.82. The Hall–Kier alpha value is -1.56. The normalized spacial score (nSPS) is 15.7. The summed E-state index contributed by atoms with van der Waals surface area (Å²) in [7, 11) is 0.869. The molecule has 0 N–H and O–H groups in total. The molecule has 0 aliphatic rings. The summed E-state index contributed by atoms with van der Waals surface area (Å²) in [4.78, 5) is 12.4. The first-order valence-electron chi connectivity index (χ1n) is 8.49. The van der Waals surface area contributed by atoms with Gasteiger partial charge in [-0.2, -0.15) is 13.2 Å². The van der Waals surface area contributed by atoms with Crippen molar-refractivity contribution in [1.82, 2.24) is 0 Å². The molecule has 1 rings (SSSR count). The molecule has 0 bridgehead atoms. The van der Waals surface area contributed by atoms with Crippen LogP contribution in [0, 0.1) is 11.8 Å². The summed E-state index contributed by atoms with van der Waals surface area (Å²) in [6.07, 6.45) is -2.15. The van der Waals surface area contributed by atoms with Crippen LogP contribution in [0.25, 0.3) is 0 Å². The minimum atomic E-state index is -4.93. The number of ether oxygens (including phenoxy) is 2. The number of methoxy groups -OCH3 is 1. The van der Waals surface area contributed by atoms with Crippen molar-refractivity contribution in [3.05, 3.63) is 35.9 Å². The van der Waals surface area contributed by atoms with Crippen LogP contribution < -0.4 is 0 Å². The van der Waals surface area contributed by atoms with Gasteiger partial charge in [-0.15, -0.1) is 0 Å². The van der Waals surface area contributed by atoms with E-state index in [2.05, 4.69) is 13.8 Å². The Morgan fingerprint density at radius 3 is 2.16 bits per heavy atom. The van der Waals surface area contributed by atoms with Gasteiger partial charge < -0.3 is 9.47 Å². The molecular formula is C19H27F3O3. The Bertz CT molecular complexity index is 528.